The van der Waals surface area contributed by atoms with E-state index < -0.39 is 11.3 Å². The minimum atomic E-state index is -0.667. The molecule has 0 radical (unpaired) electrons. The number of carbonyl (C=O) groups excluding carboxylic acids is 1. The zero-order valence-electron chi connectivity index (χ0n) is 11.6. The molecule has 0 heterocycles. The average molecular weight is 269 g/mol. The third-order valence-corrected chi connectivity index (χ3v) is 2.84. The van der Waals surface area contributed by atoms with E-state index in [0.717, 1.165) is 5.56 Å². The standard InChI is InChI=1S/C15H15N3O2/c1-10(19)13(8-16)14(20)18-12-6-4-11(5-7-12)15(2,3)9-17/h4-7,19H,1-3H3,(H,18,20)/b13-10-. The van der Waals surface area contributed by atoms with Crippen LogP contribution in [0, 0.1) is 22.7 Å². The molecule has 0 saturated heterocycles. The van der Waals surface area contributed by atoms with Gasteiger partial charge in [-0.1, -0.05) is 12.1 Å². The van der Waals surface area contributed by atoms with Crippen molar-refractivity contribution in [1.29, 1.82) is 10.5 Å². The van der Waals surface area contributed by atoms with Gasteiger partial charge in [-0.05, 0) is 38.5 Å². The Morgan fingerprint density at radius 3 is 2.20 bits per heavy atom. The summed E-state index contributed by atoms with van der Waals surface area (Å²) in [4.78, 5) is 11.7. The first-order valence-electron chi connectivity index (χ1n) is 5.95. The predicted molar refractivity (Wildman–Crippen MR) is 74.7 cm³/mol. The minimum Gasteiger partial charge on any atom is -0.511 e. The lowest BCUT2D eigenvalue weighted by Gasteiger charge is -2.16. The molecule has 5 heteroatoms. The van der Waals surface area contributed by atoms with Crippen LogP contribution in [0.2, 0.25) is 0 Å². The van der Waals surface area contributed by atoms with Gasteiger partial charge in [-0.25, -0.2) is 0 Å². The Morgan fingerprint density at radius 1 is 1.25 bits per heavy atom. The topological polar surface area (TPSA) is 96.9 Å². The highest BCUT2D eigenvalue weighted by Crippen LogP contribution is 2.23. The zero-order chi connectivity index (χ0) is 15.3. The van der Waals surface area contributed by atoms with Gasteiger partial charge >= 0.3 is 0 Å². The average Bonchev–Trinajstić information content (AvgIpc) is 2.39. The molecule has 0 aliphatic carbocycles. The second-order valence-corrected chi connectivity index (χ2v) is 4.84. The lowest BCUT2D eigenvalue weighted by atomic mass is 9.86. The maximum absolute atomic E-state index is 11.7. The summed E-state index contributed by atoms with van der Waals surface area (Å²) in [6.07, 6.45) is 0. The summed E-state index contributed by atoms with van der Waals surface area (Å²) < 4.78 is 0. The Hall–Kier alpha value is -2.79. The largest absolute Gasteiger partial charge is 0.511 e. The van der Waals surface area contributed by atoms with Gasteiger partial charge in [-0.15, -0.1) is 0 Å². The quantitative estimate of drug-likeness (QED) is 0.501. The van der Waals surface area contributed by atoms with Gasteiger partial charge in [0.1, 0.15) is 11.8 Å². The van der Waals surface area contributed by atoms with Crippen LogP contribution in [0.4, 0.5) is 5.69 Å². The van der Waals surface area contributed by atoms with Crippen LogP contribution in [-0.2, 0) is 10.2 Å². The molecule has 0 fully saturated rings. The normalized spacial score (nSPS) is 11.8. The molecule has 0 unspecified atom stereocenters. The Bertz CT molecular complexity index is 625. The van der Waals surface area contributed by atoms with Crippen molar-refractivity contribution in [2.24, 2.45) is 0 Å². The predicted octanol–water partition coefficient (Wildman–Crippen LogP) is 2.78. The van der Waals surface area contributed by atoms with Crippen LogP contribution in [-0.4, -0.2) is 11.0 Å². The van der Waals surface area contributed by atoms with E-state index >= 15 is 0 Å². The summed E-state index contributed by atoms with van der Waals surface area (Å²) in [5.41, 5.74) is 0.377. The number of nitriles is 2. The molecule has 0 aromatic heterocycles. The molecular formula is C15H15N3O2. The lowest BCUT2D eigenvalue weighted by Crippen LogP contribution is -2.16. The van der Waals surface area contributed by atoms with Crippen LogP contribution in [0.1, 0.15) is 26.3 Å². The summed E-state index contributed by atoms with van der Waals surface area (Å²) in [6.45, 7) is 4.87. The molecule has 0 saturated carbocycles. The SMILES string of the molecule is C/C(O)=C(\C#N)C(=O)Nc1ccc(C(C)(C)C#N)cc1. The molecule has 102 valence electrons. The molecule has 0 aliphatic rings. The smallest absolute Gasteiger partial charge is 0.269 e. The van der Waals surface area contributed by atoms with Gasteiger partial charge in [-0.3, -0.25) is 4.79 Å². The molecule has 0 spiro atoms. The molecular weight excluding hydrogens is 254 g/mol. The number of allylic oxidation sites excluding steroid dienone is 1. The van der Waals surface area contributed by atoms with E-state index in [-0.39, 0.29) is 11.3 Å². The van der Waals surface area contributed by atoms with Crippen molar-refractivity contribution < 1.29 is 9.90 Å². The minimum absolute atomic E-state index is 0.327. The van der Waals surface area contributed by atoms with E-state index in [1.54, 1.807) is 44.2 Å². The van der Waals surface area contributed by atoms with Crippen molar-refractivity contribution in [2.45, 2.75) is 26.2 Å². The maximum atomic E-state index is 11.7. The van der Waals surface area contributed by atoms with Crippen molar-refractivity contribution >= 4 is 11.6 Å². The molecule has 0 aliphatic heterocycles. The molecule has 20 heavy (non-hydrogen) atoms. The van der Waals surface area contributed by atoms with Crippen LogP contribution in [0.5, 0.6) is 0 Å². The van der Waals surface area contributed by atoms with Crippen molar-refractivity contribution in [3.8, 4) is 12.1 Å². The van der Waals surface area contributed by atoms with Crippen molar-refractivity contribution in [1.82, 2.24) is 0 Å². The van der Waals surface area contributed by atoms with E-state index in [2.05, 4.69) is 11.4 Å². The number of amides is 1. The fourth-order valence-corrected chi connectivity index (χ4v) is 1.52. The van der Waals surface area contributed by atoms with Crippen LogP contribution in [0.3, 0.4) is 0 Å². The number of carbonyl (C=O) groups is 1. The summed E-state index contributed by atoms with van der Waals surface area (Å²) in [7, 11) is 0. The molecule has 1 aromatic carbocycles. The number of anilines is 1. The number of nitrogens with zero attached hydrogens (tertiary/aromatic N) is 2. The Labute approximate surface area is 117 Å². The number of benzene rings is 1. The highest BCUT2D eigenvalue weighted by molar-refractivity contribution is 6.06. The molecule has 1 rings (SSSR count). The first kappa shape index (κ1) is 15.3. The Balaban J connectivity index is 2.93. The number of rotatable bonds is 3. The lowest BCUT2D eigenvalue weighted by molar-refractivity contribution is -0.112. The van der Waals surface area contributed by atoms with Crippen LogP contribution < -0.4 is 5.32 Å². The van der Waals surface area contributed by atoms with Crippen molar-refractivity contribution in [3.63, 3.8) is 0 Å². The van der Waals surface area contributed by atoms with Crippen LogP contribution in [0.25, 0.3) is 0 Å². The van der Waals surface area contributed by atoms with Crippen molar-refractivity contribution in [3.05, 3.63) is 41.2 Å². The number of aliphatic hydroxyl groups excluding tert-OH is 1. The number of hydrogen-bond donors (Lipinski definition) is 2. The highest BCUT2D eigenvalue weighted by Gasteiger charge is 2.19. The fourth-order valence-electron chi connectivity index (χ4n) is 1.52. The van der Waals surface area contributed by atoms with Crippen LogP contribution in [0.15, 0.2) is 35.6 Å². The number of hydrogen-bond acceptors (Lipinski definition) is 4. The van der Waals surface area contributed by atoms with Gasteiger partial charge in [0.25, 0.3) is 5.91 Å². The van der Waals surface area contributed by atoms with Gasteiger partial charge in [0, 0.05) is 5.69 Å². The number of nitrogens with one attached hydrogen (secondary N) is 1. The monoisotopic (exact) mass is 269 g/mol. The Kier molecular flexibility index (Phi) is 4.50. The zero-order valence-corrected chi connectivity index (χ0v) is 11.6. The fraction of sp³-hybridized carbons (Fsp3) is 0.267. The summed E-state index contributed by atoms with van der Waals surface area (Å²) in [6, 6.07) is 10.6. The maximum Gasteiger partial charge on any atom is 0.269 e. The van der Waals surface area contributed by atoms with E-state index in [1.807, 2.05) is 0 Å². The van der Waals surface area contributed by atoms with E-state index in [0.29, 0.717) is 5.69 Å². The summed E-state index contributed by atoms with van der Waals surface area (Å²) >= 11 is 0. The van der Waals surface area contributed by atoms with Gasteiger partial charge in [0.15, 0.2) is 5.57 Å². The van der Waals surface area contributed by atoms with Gasteiger partial charge in [0.05, 0.1) is 11.5 Å². The second kappa shape index (κ2) is 5.90. The van der Waals surface area contributed by atoms with Gasteiger partial charge in [0.2, 0.25) is 0 Å². The van der Waals surface area contributed by atoms with E-state index in [9.17, 15) is 9.90 Å². The molecule has 5 nitrogen and oxygen atoms in total. The van der Waals surface area contributed by atoms with Gasteiger partial charge < -0.3 is 10.4 Å². The summed E-state index contributed by atoms with van der Waals surface area (Å²) in [5.74, 6) is -0.993. The molecule has 1 amide bonds. The third-order valence-electron chi connectivity index (χ3n) is 2.84. The van der Waals surface area contributed by atoms with E-state index in [1.165, 1.54) is 6.92 Å². The van der Waals surface area contributed by atoms with Gasteiger partial charge in [-0.2, -0.15) is 10.5 Å². The first-order valence-corrected chi connectivity index (χ1v) is 5.95. The number of aliphatic hydroxyl groups is 1. The first-order chi connectivity index (χ1) is 9.31. The molecule has 1 aromatic rings. The van der Waals surface area contributed by atoms with E-state index in [4.69, 9.17) is 10.5 Å². The molecule has 0 bridgehead atoms. The highest BCUT2D eigenvalue weighted by atomic mass is 16.3. The second-order valence-electron chi connectivity index (χ2n) is 4.84. The third kappa shape index (κ3) is 3.37. The Morgan fingerprint density at radius 2 is 1.80 bits per heavy atom. The van der Waals surface area contributed by atoms with Crippen LogP contribution >= 0.6 is 0 Å². The molecule has 0 atom stereocenters. The summed E-state index contributed by atoms with van der Waals surface area (Å²) in [5, 5.41) is 29.5. The molecule has 2 N–H and O–H groups in total. The van der Waals surface area contributed by atoms with Crippen molar-refractivity contribution in [2.75, 3.05) is 5.32 Å².